The molecule has 0 atom stereocenters. The van der Waals surface area contributed by atoms with Crippen molar-refractivity contribution in [1.82, 2.24) is 14.8 Å². The largest absolute Gasteiger partial charge is 0.494 e. The van der Waals surface area contributed by atoms with Crippen LogP contribution in [0, 0.1) is 11.2 Å². The minimum Gasteiger partial charge on any atom is -0.494 e. The van der Waals surface area contributed by atoms with Gasteiger partial charge in [-0.3, -0.25) is 9.59 Å². The van der Waals surface area contributed by atoms with Crippen molar-refractivity contribution >= 4 is 35.0 Å². The van der Waals surface area contributed by atoms with Crippen LogP contribution < -0.4 is 9.47 Å². The summed E-state index contributed by atoms with van der Waals surface area (Å²) in [6.45, 7) is 2.26. The monoisotopic (exact) mass is 557 g/mol. The van der Waals surface area contributed by atoms with Crippen LogP contribution in [-0.2, 0) is 11.2 Å². The summed E-state index contributed by atoms with van der Waals surface area (Å²) in [7, 11) is 1.37. The first-order valence-electron chi connectivity index (χ1n) is 12.2. The number of likely N-dealkylation sites (tertiary alicyclic amines) is 2. The molecule has 38 heavy (non-hydrogen) atoms. The molecule has 2 aromatic carbocycles. The van der Waals surface area contributed by atoms with Crippen LogP contribution in [0.2, 0.25) is 10.0 Å². The highest BCUT2D eigenvalue weighted by molar-refractivity contribution is 6.31. The highest BCUT2D eigenvalue weighted by Crippen LogP contribution is 2.40. The SMILES string of the molecule is COc1ccc(Cl)c(CC(=O)N2CCCC3(C2)CN(C(=O)c2ccc(Oc4ccc(Cl)cn4)cc2)C3)c1F. The molecule has 1 aromatic heterocycles. The van der Waals surface area contributed by atoms with Crippen molar-refractivity contribution in [3.63, 3.8) is 0 Å². The van der Waals surface area contributed by atoms with Gasteiger partial charge in [-0.25, -0.2) is 9.37 Å². The van der Waals surface area contributed by atoms with Gasteiger partial charge in [-0.1, -0.05) is 23.2 Å². The molecule has 0 aliphatic carbocycles. The van der Waals surface area contributed by atoms with Gasteiger partial charge in [0.1, 0.15) is 5.75 Å². The maximum absolute atomic E-state index is 14.7. The van der Waals surface area contributed by atoms with Gasteiger partial charge in [-0.05, 0) is 55.3 Å². The standard InChI is InChI=1S/C28H26Cl2FN3O4/c1-37-23-9-8-22(30)21(26(23)31)13-25(35)33-12-2-11-28(15-33)16-34(17-28)27(36)18-3-6-20(7-4-18)38-24-10-5-19(29)14-32-24/h3-10,14H,2,11-13,15-17H2,1H3. The number of nitrogens with zero attached hydrogens (tertiary/aromatic N) is 3. The number of pyridine rings is 1. The molecular weight excluding hydrogens is 532 g/mol. The van der Waals surface area contributed by atoms with Gasteiger partial charge in [-0.2, -0.15) is 0 Å². The molecule has 1 spiro atoms. The fraction of sp³-hybridized carbons (Fsp3) is 0.321. The molecule has 0 unspecified atom stereocenters. The van der Waals surface area contributed by atoms with Crippen molar-refractivity contribution in [1.29, 1.82) is 0 Å². The fourth-order valence-electron chi connectivity index (χ4n) is 5.14. The van der Waals surface area contributed by atoms with E-state index in [1.54, 1.807) is 46.2 Å². The van der Waals surface area contributed by atoms with E-state index in [9.17, 15) is 14.0 Å². The Hall–Kier alpha value is -3.36. The van der Waals surface area contributed by atoms with Crippen molar-refractivity contribution in [2.24, 2.45) is 5.41 Å². The highest BCUT2D eigenvalue weighted by atomic mass is 35.5. The first-order chi connectivity index (χ1) is 18.3. The van der Waals surface area contributed by atoms with Crippen LogP contribution in [0.25, 0.3) is 0 Å². The van der Waals surface area contributed by atoms with E-state index in [4.69, 9.17) is 32.7 Å². The molecule has 0 bridgehead atoms. The summed E-state index contributed by atoms with van der Waals surface area (Å²) in [4.78, 5) is 33.8. The van der Waals surface area contributed by atoms with Crippen molar-refractivity contribution in [2.75, 3.05) is 33.3 Å². The normalized spacial score (nSPS) is 16.2. The zero-order chi connectivity index (χ0) is 26.9. The molecule has 5 rings (SSSR count). The smallest absolute Gasteiger partial charge is 0.253 e. The predicted molar refractivity (Wildman–Crippen MR) is 142 cm³/mol. The second-order valence-corrected chi connectivity index (χ2v) is 10.6. The van der Waals surface area contributed by atoms with Crippen LogP contribution in [0.15, 0.2) is 54.7 Å². The summed E-state index contributed by atoms with van der Waals surface area (Å²) in [6, 6.07) is 13.2. The number of rotatable bonds is 6. The number of carbonyl (C=O) groups excluding carboxylic acids is 2. The van der Waals surface area contributed by atoms with Gasteiger partial charge >= 0.3 is 0 Å². The molecule has 2 saturated heterocycles. The van der Waals surface area contributed by atoms with E-state index in [1.165, 1.54) is 25.4 Å². The number of halogens is 3. The number of hydrogen-bond acceptors (Lipinski definition) is 5. The Morgan fingerprint density at radius 3 is 2.45 bits per heavy atom. The molecule has 0 N–H and O–H groups in total. The van der Waals surface area contributed by atoms with Gasteiger partial charge in [-0.15, -0.1) is 0 Å². The molecule has 0 radical (unpaired) electrons. The third-order valence-corrected chi connectivity index (χ3v) is 7.65. The van der Waals surface area contributed by atoms with Crippen molar-refractivity contribution in [3.05, 3.63) is 81.7 Å². The quantitative estimate of drug-likeness (QED) is 0.392. The van der Waals surface area contributed by atoms with E-state index >= 15 is 0 Å². The van der Waals surface area contributed by atoms with E-state index in [0.717, 1.165) is 12.8 Å². The summed E-state index contributed by atoms with van der Waals surface area (Å²) < 4.78 is 25.4. The number of benzene rings is 2. The fourth-order valence-corrected chi connectivity index (χ4v) is 5.46. The highest BCUT2D eigenvalue weighted by Gasteiger charge is 2.48. The van der Waals surface area contributed by atoms with Crippen LogP contribution in [0.3, 0.4) is 0 Å². The van der Waals surface area contributed by atoms with Gasteiger partial charge < -0.3 is 19.3 Å². The second kappa shape index (κ2) is 10.8. The zero-order valence-corrected chi connectivity index (χ0v) is 22.3. The summed E-state index contributed by atoms with van der Waals surface area (Å²) in [6.07, 6.45) is 3.11. The second-order valence-electron chi connectivity index (χ2n) is 9.74. The lowest BCUT2D eigenvalue weighted by atomic mass is 9.73. The topological polar surface area (TPSA) is 72.0 Å². The van der Waals surface area contributed by atoms with Gasteiger partial charge in [0.25, 0.3) is 5.91 Å². The number of methoxy groups -OCH3 is 1. The maximum atomic E-state index is 14.7. The first kappa shape index (κ1) is 26.3. The van der Waals surface area contributed by atoms with E-state index < -0.39 is 5.82 Å². The van der Waals surface area contributed by atoms with E-state index in [2.05, 4.69) is 4.98 Å². The van der Waals surface area contributed by atoms with E-state index in [-0.39, 0.29) is 40.0 Å². The predicted octanol–water partition coefficient (Wildman–Crippen LogP) is 5.64. The Kier molecular flexibility index (Phi) is 7.45. The Morgan fingerprint density at radius 2 is 1.76 bits per heavy atom. The van der Waals surface area contributed by atoms with E-state index in [1.807, 2.05) is 0 Å². The summed E-state index contributed by atoms with van der Waals surface area (Å²) in [5, 5.41) is 0.718. The van der Waals surface area contributed by atoms with Gasteiger partial charge in [0.15, 0.2) is 11.6 Å². The van der Waals surface area contributed by atoms with Gasteiger partial charge in [0, 0.05) is 60.0 Å². The van der Waals surface area contributed by atoms with Gasteiger partial charge in [0.2, 0.25) is 11.8 Å². The lowest BCUT2D eigenvalue weighted by molar-refractivity contribution is -0.137. The number of hydrogen-bond donors (Lipinski definition) is 0. The number of piperidine rings is 1. The van der Waals surface area contributed by atoms with Crippen LogP contribution in [0.4, 0.5) is 4.39 Å². The minimum atomic E-state index is -0.610. The third kappa shape index (κ3) is 5.42. The Morgan fingerprint density at radius 1 is 1.03 bits per heavy atom. The molecule has 10 heteroatoms. The molecule has 3 aromatic rings. The van der Waals surface area contributed by atoms with Crippen LogP contribution >= 0.6 is 23.2 Å². The average molecular weight is 558 g/mol. The van der Waals surface area contributed by atoms with Crippen molar-refractivity contribution < 1.29 is 23.5 Å². The van der Waals surface area contributed by atoms with Crippen LogP contribution in [-0.4, -0.2) is 59.9 Å². The lowest BCUT2D eigenvalue weighted by Gasteiger charge is -2.54. The molecule has 2 aliphatic heterocycles. The minimum absolute atomic E-state index is 0.0571. The molecule has 2 fully saturated rings. The number of ether oxygens (including phenoxy) is 2. The molecule has 198 valence electrons. The molecule has 2 amide bonds. The Labute approximate surface area is 230 Å². The molecule has 7 nitrogen and oxygen atoms in total. The van der Waals surface area contributed by atoms with Gasteiger partial charge in [0.05, 0.1) is 18.6 Å². The van der Waals surface area contributed by atoms with Crippen molar-refractivity contribution in [3.8, 4) is 17.4 Å². The number of aromatic nitrogens is 1. The summed E-state index contributed by atoms with van der Waals surface area (Å²) >= 11 is 12.0. The Bertz CT molecular complexity index is 1350. The molecular formula is C28H26Cl2FN3O4. The molecule has 3 heterocycles. The number of amides is 2. The average Bonchev–Trinajstić information content (AvgIpc) is 2.91. The lowest BCUT2D eigenvalue weighted by Crippen LogP contribution is -2.64. The Balaban J connectivity index is 1.18. The molecule has 0 saturated carbocycles. The van der Waals surface area contributed by atoms with Crippen LogP contribution in [0.1, 0.15) is 28.8 Å². The zero-order valence-electron chi connectivity index (χ0n) is 20.8. The number of carbonyl (C=O) groups is 2. The van der Waals surface area contributed by atoms with E-state index in [0.29, 0.717) is 48.4 Å². The maximum Gasteiger partial charge on any atom is 0.253 e. The first-order valence-corrected chi connectivity index (χ1v) is 13.0. The third-order valence-electron chi connectivity index (χ3n) is 7.08. The summed E-state index contributed by atoms with van der Waals surface area (Å²) in [5.74, 6) is 0.161. The summed E-state index contributed by atoms with van der Waals surface area (Å²) in [5.41, 5.74) is 0.548. The van der Waals surface area contributed by atoms with Crippen molar-refractivity contribution in [2.45, 2.75) is 19.3 Å². The van der Waals surface area contributed by atoms with Crippen LogP contribution in [0.5, 0.6) is 17.4 Å². The molecule has 2 aliphatic rings.